The Bertz CT molecular complexity index is 1060. The van der Waals surface area contributed by atoms with Crippen molar-refractivity contribution in [1.82, 2.24) is 30.4 Å². The van der Waals surface area contributed by atoms with E-state index in [2.05, 4.69) is 25.5 Å². The van der Waals surface area contributed by atoms with E-state index in [1.54, 1.807) is 20.4 Å². The number of morpholine rings is 1. The lowest BCUT2D eigenvalue weighted by Crippen LogP contribution is -2.51. The highest BCUT2D eigenvalue weighted by molar-refractivity contribution is 7.80. The quantitative estimate of drug-likeness (QED) is 0.494. The fourth-order valence-corrected chi connectivity index (χ4v) is 3.75. The van der Waals surface area contributed by atoms with Crippen LogP contribution in [0.15, 0.2) is 36.5 Å². The van der Waals surface area contributed by atoms with Gasteiger partial charge in [0.15, 0.2) is 5.11 Å². The normalized spacial score (nSPS) is 16.1. The van der Waals surface area contributed by atoms with Gasteiger partial charge in [0.2, 0.25) is 5.65 Å². The van der Waals surface area contributed by atoms with E-state index in [-0.39, 0.29) is 6.10 Å². The first kappa shape index (κ1) is 22.0. The zero-order chi connectivity index (χ0) is 22.3. The van der Waals surface area contributed by atoms with Gasteiger partial charge >= 0.3 is 0 Å². The molecule has 1 fully saturated rings. The van der Waals surface area contributed by atoms with Crippen LogP contribution in [0.5, 0.6) is 11.5 Å². The largest absolute Gasteiger partial charge is 0.497 e. The van der Waals surface area contributed by atoms with Crippen molar-refractivity contribution in [3.05, 3.63) is 42.1 Å². The van der Waals surface area contributed by atoms with Crippen LogP contribution in [0.25, 0.3) is 11.2 Å². The average molecular weight is 459 g/mol. The summed E-state index contributed by atoms with van der Waals surface area (Å²) in [5, 5.41) is 12.0. The van der Waals surface area contributed by atoms with Crippen molar-refractivity contribution in [3.63, 3.8) is 0 Å². The minimum atomic E-state index is -0.148. The summed E-state index contributed by atoms with van der Waals surface area (Å²) in [7, 11) is 3.32. The summed E-state index contributed by atoms with van der Waals surface area (Å²) in [6.07, 6.45) is 2.28. The molecule has 0 radical (unpaired) electrons. The maximum atomic E-state index is 5.83. The Balaban J connectivity index is 1.26. The number of methoxy groups -OCH3 is 2. The average Bonchev–Trinajstić information content (AvgIpc) is 3.26. The summed E-state index contributed by atoms with van der Waals surface area (Å²) in [6.45, 7) is 2.90. The molecule has 1 atom stereocenters. The zero-order valence-corrected chi connectivity index (χ0v) is 18.9. The molecule has 0 spiro atoms. The van der Waals surface area contributed by atoms with E-state index in [4.69, 9.17) is 31.3 Å². The number of rotatable bonds is 8. The van der Waals surface area contributed by atoms with Gasteiger partial charge in [0.25, 0.3) is 0 Å². The summed E-state index contributed by atoms with van der Waals surface area (Å²) in [5.41, 5.74) is 2.31. The van der Waals surface area contributed by atoms with Crippen molar-refractivity contribution in [3.8, 4) is 11.5 Å². The zero-order valence-electron chi connectivity index (χ0n) is 18.1. The SMILES string of the molecule is COc1ccc(OC)c(CCNC(=S)N2CCOC(COn3nnc4cccnc43)C2)c1. The smallest absolute Gasteiger partial charge is 0.219 e. The van der Waals surface area contributed by atoms with E-state index in [9.17, 15) is 0 Å². The predicted octanol–water partition coefficient (Wildman–Crippen LogP) is 1.09. The molecule has 3 heterocycles. The number of benzene rings is 1. The van der Waals surface area contributed by atoms with Crippen molar-refractivity contribution >= 4 is 28.5 Å². The van der Waals surface area contributed by atoms with Crippen LogP contribution in [0.2, 0.25) is 0 Å². The Morgan fingerprint density at radius 3 is 3.03 bits per heavy atom. The molecule has 2 aromatic heterocycles. The number of nitrogens with one attached hydrogen (secondary N) is 1. The predicted molar refractivity (Wildman–Crippen MR) is 122 cm³/mol. The molecule has 0 amide bonds. The summed E-state index contributed by atoms with van der Waals surface area (Å²) < 4.78 is 16.6. The summed E-state index contributed by atoms with van der Waals surface area (Å²) in [5.74, 6) is 1.63. The number of hydrogen-bond acceptors (Lipinski definition) is 8. The van der Waals surface area contributed by atoms with Crippen molar-refractivity contribution in [2.24, 2.45) is 0 Å². The van der Waals surface area contributed by atoms with E-state index in [1.165, 1.54) is 4.85 Å². The van der Waals surface area contributed by atoms with Gasteiger partial charge in [0.1, 0.15) is 29.7 Å². The van der Waals surface area contributed by atoms with Gasteiger partial charge in [-0.25, -0.2) is 4.98 Å². The van der Waals surface area contributed by atoms with E-state index in [0.29, 0.717) is 42.6 Å². The molecule has 4 rings (SSSR count). The van der Waals surface area contributed by atoms with Crippen LogP contribution in [0, 0.1) is 0 Å². The van der Waals surface area contributed by atoms with Crippen molar-refractivity contribution in [1.29, 1.82) is 0 Å². The molecule has 0 aliphatic carbocycles. The Morgan fingerprint density at radius 1 is 1.28 bits per heavy atom. The molecule has 0 bridgehead atoms. The maximum absolute atomic E-state index is 5.83. The van der Waals surface area contributed by atoms with E-state index < -0.39 is 0 Å². The summed E-state index contributed by atoms with van der Waals surface area (Å²) >= 11 is 5.60. The molecule has 1 saturated heterocycles. The number of thiocarbonyl (C=S) groups is 1. The lowest BCUT2D eigenvalue weighted by molar-refractivity contribution is -0.0614. The van der Waals surface area contributed by atoms with Crippen LogP contribution < -0.4 is 19.6 Å². The van der Waals surface area contributed by atoms with Gasteiger partial charge in [0.05, 0.1) is 20.8 Å². The first-order chi connectivity index (χ1) is 15.7. The highest BCUT2D eigenvalue weighted by Crippen LogP contribution is 2.24. The molecule has 0 saturated carbocycles. The molecule has 10 nitrogen and oxygen atoms in total. The summed E-state index contributed by atoms with van der Waals surface area (Å²) in [6, 6.07) is 9.41. The highest BCUT2D eigenvalue weighted by atomic mass is 32.1. The van der Waals surface area contributed by atoms with Gasteiger partial charge in [-0.1, -0.05) is 4.85 Å². The molecule has 170 valence electrons. The number of pyridine rings is 1. The van der Waals surface area contributed by atoms with Crippen LogP contribution in [0.3, 0.4) is 0 Å². The number of ether oxygens (including phenoxy) is 3. The molecule has 1 aliphatic heterocycles. The van der Waals surface area contributed by atoms with Gasteiger partial charge in [-0.2, -0.15) is 0 Å². The van der Waals surface area contributed by atoms with Crippen LogP contribution in [-0.2, 0) is 11.2 Å². The van der Waals surface area contributed by atoms with E-state index >= 15 is 0 Å². The Labute approximate surface area is 191 Å². The van der Waals surface area contributed by atoms with Gasteiger partial charge in [-0.05, 0) is 59.7 Å². The monoisotopic (exact) mass is 458 g/mol. The van der Waals surface area contributed by atoms with Crippen LogP contribution >= 0.6 is 12.2 Å². The van der Waals surface area contributed by atoms with Crippen LogP contribution in [0.1, 0.15) is 5.56 Å². The molecule has 1 unspecified atom stereocenters. The Morgan fingerprint density at radius 2 is 2.19 bits per heavy atom. The first-order valence-electron chi connectivity index (χ1n) is 10.3. The van der Waals surface area contributed by atoms with Crippen molar-refractivity contribution in [2.75, 3.05) is 47.1 Å². The molecule has 1 aromatic carbocycles. The molecule has 1 N–H and O–H groups in total. The molecule has 3 aromatic rings. The third-order valence-electron chi connectivity index (χ3n) is 5.15. The van der Waals surface area contributed by atoms with Gasteiger partial charge < -0.3 is 29.3 Å². The second-order valence-corrected chi connectivity index (χ2v) is 7.59. The maximum Gasteiger partial charge on any atom is 0.219 e. The second kappa shape index (κ2) is 10.4. The topological polar surface area (TPSA) is 95.8 Å². The Kier molecular flexibility index (Phi) is 7.17. The van der Waals surface area contributed by atoms with Gasteiger partial charge in [0, 0.05) is 25.8 Å². The summed E-state index contributed by atoms with van der Waals surface area (Å²) in [4.78, 5) is 13.4. The molecular weight excluding hydrogens is 432 g/mol. The first-order valence-corrected chi connectivity index (χ1v) is 10.7. The minimum Gasteiger partial charge on any atom is -0.497 e. The van der Waals surface area contributed by atoms with Gasteiger partial charge in [-0.3, -0.25) is 0 Å². The standard InChI is InChI=1S/C21H26N6O4S/c1-28-16-5-6-19(29-2)15(12-16)7-9-23-21(32)26-10-11-30-17(13-26)14-31-27-20-18(24-25-27)4-3-8-22-20/h3-6,8,12,17H,7,9-11,13-14H2,1-2H3,(H,23,32). The van der Waals surface area contributed by atoms with Crippen molar-refractivity contribution < 1.29 is 19.0 Å². The third-order valence-corrected chi connectivity index (χ3v) is 5.55. The lowest BCUT2D eigenvalue weighted by atomic mass is 10.1. The number of nitrogens with zero attached hydrogens (tertiary/aromatic N) is 5. The molecule has 1 aliphatic rings. The Hall–Kier alpha value is -3.18. The van der Waals surface area contributed by atoms with E-state index in [1.807, 2.05) is 30.3 Å². The fraction of sp³-hybridized carbons (Fsp3) is 0.429. The number of aromatic nitrogens is 4. The van der Waals surface area contributed by atoms with Gasteiger partial charge in [-0.15, -0.1) is 5.10 Å². The highest BCUT2D eigenvalue weighted by Gasteiger charge is 2.23. The minimum absolute atomic E-state index is 0.148. The third kappa shape index (κ3) is 5.17. The molecular formula is C21H26N6O4S. The number of fused-ring (bicyclic) bond motifs is 1. The lowest BCUT2D eigenvalue weighted by Gasteiger charge is -2.34. The van der Waals surface area contributed by atoms with E-state index in [0.717, 1.165) is 30.0 Å². The van der Waals surface area contributed by atoms with Crippen LogP contribution in [-0.4, -0.2) is 83.3 Å². The fourth-order valence-electron chi connectivity index (χ4n) is 3.48. The second-order valence-electron chi connectivity index (χ2n) is 7.20. The number of hydrogen-bond donors (Lipinski definition) is 1. The molecule has 32 heavy (non-hydrogen) atoms. The molecule has 11 heteroatoms. The van der Waals surface area contributed by atoms with Crippen molar-refractivity contribution in [2.45, 2.75) is 12.5 Å². The van der Waals surface area contributed by atoms with Crippen LogP contribution in [0.4, 0.5) is 0 Å².